The van der Waals surface area contributed by atoms with Crippen molar-refractivity contribution in [1.82, 2.24) is 10.3 Å². The number of nitrogens with zero attached hydrogens (tertiary/aromatic N) is 1. The molecule has 3 aromatic rings. The van der Waals surface area contributed by atoms with E-state index in [2.05, 4.69) is 15.6 Å². The lowest BCUT2D eigenvalue weighted by Gasteiger charge is -2.11. The fourth-order valence-electron chi connectivity index (χ4n) is 2.58. The minimum absolute atomic E-state index is 0.200. The average molecular weight is 371 g/mol. The second-order valence-electron chi connectivity index (χ2n) is 6.31. The number of rotatable bonds is 6. The number of aromatic nitrogens is 1. The van der Waals surface area contributed by atoms with Crippen LogP contribution in [0.25, 0.3) is 6.08 Å². The number of hydrogen-bond acceptors (Lipinski definition) is 3. The van der Waals surface area contributed by atoms with Crippen molar-refractivity contribution < 1.29 is 9.59 Å². The van der Waals surface area contributed by atoms with Crippen LogP contribution in [-0.2, 0) is 11.3 Å². The predicted molar refractivity (Wildman–Crippen MR) is 111 cm³/mol. The first-order chi connectivity index (χ1) is 13.6. The number of carbonyl (C=O) groups excluding carboxylic acids is 2. The predicted octanol–water partition coefficient (Wildman–Crippen LogP) is 3.97. The third-order valence-corrected chi connectivity index (χ3v) is 4.15. The molecule has 5 nitrogen and oxygen atoms in total. The van der Waals surface area contributed by atoms with Crippen LogP contribution in [0.15, 0.2) is 79.1 Å². The molecule has 0 spiro atoms. The molecule has 0 saturated heterocycles. The molecule has 0 saturated carbocycles. The second-order valence-corrected chi connectivity index (χ2v) is 6.31. The Bertz CT molecular complexity index is 980. The van der Waals surface area contributed by atoms with Gasteiger partial charge in [0, 0.05) is 30.7 Å². The van der Waals surface area contributed by atoms with Crippen LogP contribution in [0.5, 0.6) is 0 Å². The highest BCUT2D eigenvalue weighted by atomic mass is 16.2. The maximum atomic E-state index is 12.3. The highest BCUT2D eigenvalue weighted by Gasteiger charge is 2.09. The number of benzene rings is 2. The summed E-state index contributed by atoms with van der Waals surface area (Å²) in [5.74, 6) is -0.444. The van der Waals surface area contributed by atoms with Gasteiger partial charge in [0.05, 0.1) is 5.56 Å². The number of anilines is 1. The van der Waals surface area contributed by atoms with Gasteiger partial charge in [-0.1, -0.05) is 48.0 Å². The van der Waals surface area contributed by atoms with Crippen molar-refractivity contribution in [3.8, 4) is 0 Å². The highest BCUT2D eigenvalue weighted by molar-refractivity contribution is 6.04. The summed E-state index contributed by atoms with van der Waals surface area (Å²) in [6.45, 7) is 2.32. The summed E-state index contributed by atoms with van der Waals surface area (Å²) in [7, 11) is 0. The van der Waals surface area contributed by atoms with E-state index in [1.807, 2.05) is 49.4 Å². The number of aryl methyl sites for hydroxylation is 1. The van der Waals surface area contributed by atoms with Crippen LogP contribution < -0.4 is 10.6 Å². The first kappa shape index (κ1) is 19.0. The monoisotopic (exact) mass is 371 g/mol. The molecule has 0 aliphatic heterocycles. The van der Waals surface area contributed by atoms with Crippen LogP contribution in [0.2, 0.25) is 0 Å². The fourth-order valence-corrected chi connectivity index (χ4v) is 2.58. The maximum absolute atomic E-state index is 12.3. The molecule has 2 aromatic carbocycles. The van der Waals surface area contributed by atoms with E-state index < -0.39 is 0 Å². The minimum atomic E-state index is -0.244. The molecule has 3 rings (SSSR count). The largest absolute Gasteiger partial charge is 0.348 e. The number of carbonyl (C=O) groups is 2. The lowest BCUT2D eigenvalue weighted by Crippen LogP contribution is -2.22. The van der Waals surface area contributed by atoms with Crippen LogP contribution >= 0.6 is 0 Å². The molecule has 0 fully saturated rings. The van der Waals surface area contributed by atoms with Crippen LogP contribution in [0.1, 0.15) is 27.0 Å². The number of nitrogens with one attached hydrogen (secondary N) is 2. The first-order valence-electron chi connectivity index (χ1n) is 8.94. The number of para-hydroxylation sites is 1. The van der Waals surface area contributed by atoms with Crippen LogP contribution in [0, 0.1) is 6.92 Å². The van der Waals surface area contributed by atoms with Crippen LogP contribution in [0.4, 0.5) is 5.69 Å². The van der Waals surface area contributed by atoms with Gasteiger partial charge in [0.2, 0.25) is 5.91 Å². The molecule has 0 unspecified atom stereocenters. The minimum Gasteiger partial charge on any atom is -0.348 e. The normalized spacial score (nSPS) is 10.6. The SMILES string of the molecule is Cc1ccc(/C=C/C(=O)NCc2ccccc2NC(=O)c2cccnc2)cc1. The lowest BCUT2D eigenvalue weighted by atomic mass is 10.1. The van der Waals surface area contributed by atoms with E-state index in [-0.39, 0.29) is 11.8 Å². The van der Waals surface area contributed by atoms with Crippen molar-refractivity contribution in [2.75, 3.05) is 5.32 Å². The van der Waals surface area contributed by atoms with Crippen molar-refractivity contribution in [3.05, 3.63) is 101 Å². The molecule has 28 heavy (non-hydrogen) atoms. The molecule has 0 atom stereocenters. The molecular weight excluding hydrogens is 350 g/mol. The van der Waals surface area contributed by atoms with Crippen molar-refractivity contribution in [2.45, 2.75) is 13.5 Å². The second kappa shape index (κ2) is 9.28. The molecule has 5 heteroatoms. The van der Waals surface area contributed by atoms with Gasteiger partial charge in [-0.25, -0.2) is 0 Å². The van der Waals surface area contributed by atoms with E-state index in [0.29, 0.717) is 17.8 Å². The smallest absolute Gasteiger partial charge is 0.257 e. The molecule has 0 aliphatic rings. The van der Waals surface area contributed by atoms with Gasteiger partial charge in [-0.3, -0.25) is 14.6 Å². The zero-order valence-electron chi connectivity index (χ0n) is 15.6. The molecule has 140 valence electrons. The zero-order chi connectivity index (χ0) is 19.8. The van der Waals surface area contributed by atoms with Crippen molar-refractivity contribution in [3.63, 3.8) is 0 Å². The summed E-state index contributed by atoms with van der Waals surface area (Å²) in [6.07, 6.45) is 6.40. The Labute approximate surface area is 164 Å². The molecule has 0 aliphatic carbocycles. The molecule has 2 N–H and O–H groups in total. The van der Waals surface area contributed by atoms with Crippen LogP contribution in [-0.4, -0.2) is 16.8 Å². The summed E-state index contributed by atoms with van der Waals surface area (Å²) >= 11 is 0. The Morgan fingerprint density at radius 3 is 2.54 bits per heavy atom. The van der Waals surface area contributed by atoms with Gasteiger partial charge in [-0.15, -0.1) is 0 Å². The van der Waals surface area contributed by atoms with Gasteiger partial charge in [0.25, 0.3) is 5.91 Å². The van der Waals surface area contributed by atoms with E-state index >= 15 is 0 Å². The van der Waals surface area contributed by atoms with Crippen molar-refractivity contribution in [2.24, 2.45) is 0 Å². The summed E-state index contributed by atoms with van der Waals surface area (Å²) in [4.78, 5) is 28.4. The number of pyridine rings is 1. The molecule has 1 heterocycles. The molecule has 2 amide bonds. The topological polar surface area (TPSA) is 71.1 Å². The fraction of sp³-hybridized carbons (Fsp3) is 0.0870. The van der Waals surface area contributed by atoms with Gasteiger partial charge in [-0.05, 0) is 42.3 Å². The Morgan fingerprint density at radius 2 is 1.79 bits per heavy atom. The van der Waals surface area contributed by atoms with Gasteiger partial charge in [0.1, 0.15) is 0 Å². The molecular formula is C23H21N3O2. The Morgan fingerprint density at radius 1 is 1.00 bits per heavy atom. The van der Waals surface area contributed by atoms with E-state index in [4.69, 9.17) is 0 Å². The summed E-state index contributed by atoms with van der Waals surface area (Å²) in [5, 5.41) is 5.71. The van der Waals surface area contributed by atoms with Crippen molar-refractivity contribution >= 4 is 23.6 Å². The van der Waals surface area contributed by atoms with Crippen LogP contribution in [0.3, 0.4) is 0 Å². The maximum Gasteiger partial charge on any atom is 0.257 e. The molecule has 0 bridgehead atoms. The first-order valence-corrected chi connectivity index (χ1v) is 8.94. The Kier molecular flexibility index (Phi) is 6.31. The average Bonchev–Trinajstić information content (AvgIpc) is 2.73. The Balaban J connectivity index is 1.61. The third kappa shape index (κ3) is 5.38. The summed E-state index contributed by atoms with van der Waals surface area (Å²) in [5.41, 5.74) is 4.08. The third-order valence-electron chi connectivity index (χ3n) is 4.15. The quantitative estimate of drug-likeness (QED) is 0.644. The van der Waals surface area contributed by atoms with E-state index in [9.17, 15) is 9.59 Å². The number of amides is 2. The standard InChI is InChI=1S/C23H21N3O2/c1-17-8-10-18(11-9-17)12-13-22(27)25-16-19-5-2-3-7-21(19)26-23(28)20-6-4-14-24-15-20/h2-15H,16H2,1H3,(H,25,27)(H,26,28)/b13-12+. The zero-order valence-corrected chi connectivity index (χ0v) is 15.6. The Hall–Kier alpha value is -3.73. The highest BCUT2D eigenvalue weighted by Crippen LogP contribution is 2.16. The van der Waals surface area contributed by atoms with E-state index in [1.54, 1.807) is 30.5 Å². The van der Waals surface area contributed by atoms with E-state index in [1.165, 1.54) is 17.8 Å². The molecule has 1 aromatic heterocycles. The lowest BCUT2D eigenvalue weighted by molar-refractivity contribution is -0.116. The summed E-state index contributed by atoms with van der Waals surface area (Å²) < 4.78 is 0. The van der Waals surface area contributed by atoms with Gasteiger partial charge >= 0.3 is 0 Å². The van der Waals surface area contributed by atoms with Gasteiger partial charge < -0.3 is 10.6 Å². The van der Waals surface area contributed by atoms with Gasteiger partial charge in [0.15, 0.2) is 0 Å². The van der Waals surface area contributed by atoms with Crippen molar-refractivity contribution in [1.29, 1.82) is 0 Å². The van der Waals surface area contributed by atoms with Gasteiger partial charge in [-0.2, -0.15) is 0 Å². The summed E-state index contributed by atoms with van der Waals surface area (Å²) in [6, 6.07) is 18.7. The number of hydrogen-bond donors (Lipinski definition) is 2. The van der Waals surface area contributed by atoms with E-state index in [0.717, 1.165) is 11.1 Å². The molecule has 0 radical (unpaired) electrons.